The molecule has 20 heavy (non-hydrogen) atoms. The van der Waals surface area contributed by atoms with Gasteiger partial charge in [-0.2, -0.15) is 4.98 Å². The summed E-state index contributed by atoms with van der Waals surface area (Å²) in [5, 5.41) is 12.0. The van der Waals surface area contributed by atoms with E-state index in [1.165, 1.54) is 19.3 Å². The molecular weight excluding hydrogens is 256 g/mol. The van der Waals surface area contributed by atoms with E-state index in [2.05, 4.69) is 25.4 Å². The molecule has 1 atom stereocenters. The minimum absolute atomic E-state index is 0.467. The quantitative estimate of drug-likeness (QED) is 0.819. The number of aromatic nitrogens is 5. The SMILES string of the molecule is CCc1nc(CN2CCCC[C@H]2Cn2ccnn2)no1. The zero-order chi connectivity index (χ0) is 13.8. The molecule has 0 spiro atoms. The maximum atomic E-state index is 5.18. The van der Waals surface area contributed by atoms with Crippen molar-refractivity contribution in [2.24, 2.45) is 0 Å². The van der Waals surface area contributed by atoms with Gasteiger partial charge >= 0.3 is 0 Å². The number of piperidine rings is 1. The third-order valence-electron chi connectivity index (χ3n) is 3.78. The Labute approximate surface area is 118 Å². The molecule has 3 rings (SSSR count). The van der Waals surface area contributed by atoms with Crippen molar-refractivity contribution in [3.8, 4) is 0 Å². The summed E-state index contributed by atoms with van der Waals surface area (Å²) in [5.41, 5.74) is 0. The van der Waals surface area contributed by atoms with E-state index in [9.17, 15) is 0 Å². The highest BCUT2D eigenvalue weighted by atomic mass is 16.5. The van der Waals surface area contributed by atoms with Crippen LogP contribution in [0.2, 0.25) is 0 Å². The lowest BCUT2D eigenvalue weighted by atomic mass is 10.0. The van der Waals surface area contributed by atoms with Crippen molar-refractivity contribution in [3.05, 3.63) is 24.1 Å². The third kappa shape index (κ3) is 3.04. The van der Waals surface area contributed by atoms with Crippen molar-refractivity contribution < 1.29 is 4.52 Å². The number of aryl methyl sites for hydroxylation is 1. The second-order valence-electron chi connectivity index (χ2n) is 5.20. The lowest BCUT2D eigenvalue weighted by molar-refractivity contribution is 0.117. The lowest BCUT2D eigenvalue weighted by Crippen LogP contribution is -2.41. The van der Waals surface area contributed by atoms with Crippen molar-refractivity contribution in [2.45, 2.75) is 51.7 Å². The Morgan fingerprint density at radius 1 is 1.40 bits per heavy atom. The molecule has 1 saturated heterocycles. The Kier molecular flexibility index (Phi) is 4.05. The molecule has 0 amide bonds. The molecule has 0 radical (unpaired) electrons. The minimum Gasteiger partial charge on any atom is -0.339 e. The van der Waals surface area contributed by atoms with Gasteiger partial charge in [0, 0.05) is 18.7 Å². The molecule has 7 nitrogen and oxygen atoms in total. The fourth-order valence-electron chi connectivity index (χ4n) is 2.70. The van der Waals surface area contributed by atoms with Crippen LogP contribution in [-0.2, 0) is 19.5 Å². The number of nitrogens with zero attached hydrogens (tertiary/aromatic N) is 6. The van der Waals surface area contributed by atoms with Gasteiger partial charge in [-0.3, -0.25) is 9.58 Å². The number of hydrogen-bond acceptors (Lipinski definition) is 6. The van der Waals surface area contributed by atoms with E-state index < -0.39 is 0 Å². The van der Waals surface area contributed by atoms with E-state index in [-0.39, 0.29) is 0 Å². The zero-order valence-electron chi connectivity index (χ0n) is 11.8. The summed E-state index contributed by atoms with van der Waals surface area (Å²) in [7, 11) is 0. The fourth-order valence-corrected chi connectivity index (χ4v) is 2.70. The summed E-state index contributed by atoms with van der Waals surface area (Å²) in [6.07, 6.45) is 8.10. The van der Waals surface area contributed by atoms with Crippen LogP contribution in [0.5, 0.6) is 0 Å². The molecule has 2 aromatic heterocycles. The average molecular weight is 276 g/mol. The van der Waals surface area contributed by atoms with Crippen LogP contribution in [0, 0.1) is 0 Å². The van der Waals surface area contributed by atoms with Crippen LogP contribution in [0.1, 0.15) is 37.9 Å². The molecule has 108 valence electrons. The van der Waals surface area contributed by atoms with Gasteiger partial charge in [0.1, 0.15) is 0 Å². The molecule has 0 unspecified atom stereocenters. The molecule has 0 N–H and O–H groups in total. The smallest absolute Gasteiger partial charge is 0.226 e. The van der Waals surface area contributed by atoms with Gasteiger partial charge < -0.3 is 4.52 Å². The maximum absolute atomic E-state index is 5.18. The highest BCUT2D eigenvalue weighted by Crippen LogP contribution is 2.20. The second-order valence-corrected chi connectivity index (χ2v) is 5.20. The fraction of sp³-hybridized carbons (Fsp3) is 0.692. The summed E-state index contributed by atoms with van der Waals surface area (Å²) in [4.78, 5) is 6.83. The summed E-state index contributed by atoms with van der Waals surface area (Å²) < 4.78 is 7.08. The van der Waals surface area contributed by atoms with Crippen molar-refractivity contribution in [1.82, 2.24) is 30.0 Å². The lowest BCUT2D eigenvalue weighted by Gasteiger charge is -2.34. The average Bonchev–Trinajstić information content (AvgIpc) is 3.12. The van der Waals surface area contributed by atoms with Crippen molar-refractivity contribution in [3.63, 3.8) is 0 Å². The van der Waals surface area contributed by atoms with E-state index in [1.54, 1.807) is 6.20 Å². The van der Waals surface area contributed by atoms with Crippen molar-refractivity contribution in [2.75, 3.05) is 6.54 Å². The molecule has 0 saturated carbocycles. The largest absolute Gasteiger partial charge is 0.339 e. The molecule has 1 aliphatic rings. The second kappa shape index (κ2) is 6.13. The van der Waals surface area contributed by atoms with E-state index in [0.717, 1.165) is 31.9 Å². The topological polar surface area (TPSA) is 72.9 Å². The van der Waals surface area contributed by atoms with Crippen molar-refractivity contribution >= 4 is 0 Å². The van der Waals surface area contributed by atoms with Gasteiger partial charge in [0.05, 0.1) is 19.3 Å². The molecule has 7 heteroatoms. The minimum atomic E-state index is 0.467. The Morgan fingerprint density at radius 2 is 2.35 bits per heavy atom. The van der Waals surface area contributed by atoms with Crippen LogP contribution < -0.4 is 0 Å². The maximum Gasteiger partial charge on any atom is 0.226 e. The highest BCUT2D eigenvalue weighted by molar-refractivity contribution is 4.88. The van der Waals surface area contributed by atoms with E-state index in [0.29, 0.717) is 11.9 Å². The molecule has 1 fully saturated rings. The van der Waals surface area contributed by atoms with Crippen LogP contribution in [0.25, 0.3) is 0 Å². The Balaban J connectivity index is 1.65. The van der Waals surface area contributed by atoms with Gasteiger partial charge in [-0.25, -0.2) is 0 Å². The van der Waals surface area contributed by atoms with E-state index in [4.69, 9.17) is 4.52 Å². The first-order valence-corrected chi connectivity index (χ1v) is 7.24. The highest BCUT2D eigenvalue weighted by Gasteiger charge is 2.24. The zero-order valence-corrected chi connectivity index (χ0v) is 11.8. The van der Waals surface area contributed by atoms with Gasteiger partial charge in [-0.05, 0) is 19.4 Å². The van der Waals surface area contributed by atoms with Crippen LogP contribution in [0.3, 0.4) is 0 Å². The number of likely N-dealkylation sites (tertiary alicyclic amines) is 1. The molecular formula is C13H20N6O. The molecule has 1 aliphatic heterocycles. The first kappa shape index (κ1) is 13.2. The predicted octanol–water partition coefficient (Wildman–Crippen LogP) is 1.28. The van der Waals surface area contributed by atoms with Gasteiger partial charge in [0.15, 0.2) is 5.82 Å². The first-order valence-electron chi connectivity index (χ1n) is 7.24. The van der Waals surface area contributed by atoms with Crippen LogP contribution in [0.4, 0.5) is 0 Å². The summed E-state index contributed by atoms with van der Waals surface area (Å²) in [6.45, 7) is 4.72. The molecule has 0 aromatic carbocycles. The number of rotatable bonds is 5. The molecule has 2 aromatic rings. The van der Waals surface area contributed by atoms with Crippen LogP contribution >= 0.6 is 0 Å². The van der Waals surface area contributed by atoms with E-state index in [1.807, 2.05) is 17.8 Å². The molecule has 3 heterocycles. The van der Waals surface area contributed by atoms with Gasteiger partial charge in [0.25, 0.3) is 0 Å². The summed E-state index contributed by atoms with van der Waals surface area (Å²) in [6, 6.07) is 0.467. The van der Waals surface area contributed by atoms with Crippen molar-refractivity contribution in [1.29, 1.82) is 0 Å². The van der Waals surface area contributed by atoms with E-state index >= 15 is 0 Å². The van der Waals surface area contributed by atoms with Gasteiger partial charge in [0.2, 0.25) is 5.89 Å². The number of hydrogen-bond donors (Lipinski definition) is 0. The summed E-state index contributed by atoms with van der Waals surface area (Å²) in [5.74, 6) is 1.50. The Bertz CT molecular complexity index is 523. The Morgan fingerprint density at radius 3 is 3.10 bits per heavy atom. The molecule has 0 bridgehead atoms. The standard InChI is InChI=1S/C13H20N6O/c1-2-13-15-12(16-20-13)10-18-7-4-3-5-11(18)9-19-8-6-14-17-19/h6,8,11H,2-5,7,9-10H2,1H3/t11-/m0/s1. The first-order chi connectivity index (χ1) is 9.85. The molecule has 0 aliphatic carbocycles. The van der Waals surface area contributed by atoms with Gasteiger partial charge in [-0.15, -0.1) is 5.10 Å². The normalized spacial score (nSPS) is 20.4. The summed E-state index contributed by atoms with van der Waals surface area (Å²) >= 11 is 0. The van der Waals surface area contributed by atoms with Gasteiger partial charge in [-0.1, -0.05) is 23.7 Å². The van der Waals surface area contributed by atoms with Crippen LogP contribution in [-0.4, -0.2) is 42.6 Å². The van der Waals surface area contributed by atoms with Crippen LogP contribution in [0.15, 0.2) is 16.9 Å². The third-order valence-corrected chi connectivity index (χ3v) is 3.78. The predicted molar refractivity (Wildman–Crippen MR) is 71.7 cm³/mol. The Hall–Kier alpha value is -1.76. The monoisotopic (exact) mass is 276 g/mol.